The highest BCUT2D eigenvalue weighted by Gasteiger charge is 2.33. The molecule has 2 amide bonds. The number of hydrogen-bond donors (Lipinski definition) is 1. The fraction of sp³-hybridized carbons (Fsp3) is 0.481. The van der Waals surface area contributed by atoms with E-state index >= 15 is 0 Å². The third-order valence-corrected chi connectivity index (χ3v) is 6.56. The van der Waals surface area contributed by atoms with Crippen LogP contribution in [-0.4, -0.2) is 56.1 Å². The van der Waals surface area contributed by atoms with Crippen LogP contribution in [0.2, 0.25) is 0 Å². The van der Waals surface area contributed by atoms with E-state index in [1.165, 1.54) is 4.90 Å². The molecule has 36 heavy (non-hydrogen) atoms. The smallest absolute Gasteiger partial charge is 0.244 e. The molecule has 0 heterocycles. The van der Waals surface area contributed by atoms with Crippen molar-refractivity contribution in [1.82, 2.24) is 10.2 Å². The summed E-state index contributed by atoms with van der Waals surface area (Å²) in [5.74, 6) is -0.406. The van der Waals surface area contributed by atoms with E-state index in [4.69, 9.17) is 4.74 Å². The number of anilines is 1. The first-order valence-corrected chi connectivity index (χ1v) is 14.0. The van der Waals surface area contributed by atoms with Crippen LogP contribution in [0.4, 0.5) is 5.69 Å². The van der Waals surface area contributed by atoms with E-state index < -0.39 is 34.1 Å². The van der Waals surface area contributed by atoms with Gasteiger partial charge in [-0.25, -0.2) is 8.42 Å². The van der Waals surface area contributed by atoms with Crippen LogP contribution in [-0.2, 0) is 26.2 Å². The van der Waals surface area contributed by atoms with Crippen molar-refractivity contribution in [3.63, 3.8) is 0 Å². The third kappa shape index (κ3) is 8.26. The topological polar surface area (TPSA) is 96.0 Å². The van der Waals surface area contributed by atoms with Gasteiger partial charge in [-0.2, -0.15) is 0 Å². The van der Waals surface area contributed by atoms with Crippen LogP contribution in [0, 0.1) is 6.92 Å². The summed E-state index contributed by atoms with van der Waals surface area (Å²) in [6.07, 6.45) is 1.42. The lowest BCUT2D eigenvalue weighted by Crippen LogP contribution is -2.55. The van der Waals surface area contributed by atoms with Crippen molar-refractivity contribution in [2.24, 2.45) is 0 Å². The van der Waals surface area contributed by atoms with E-state index in [-0.39, 0.29) is 18.1 Å². The van der Waals surface area contributed by atoms with E-state index in [1.54, 1.807) is 31.2 Å². The molecule has 0 aromatic heterocycles. The Kier molecular flexibility index (Phi) is 9.93. The van der Waals surface area contributed by atoms with Gasteiger partial charge in [0.2, 0.25) is 21.8 Å². The molecule has 0 aliphatic carbocycles. The van der Waals surface area contributed by atoms with Crippen molar-refractivity contribution in [3.8, 4) is 5.75 Å². The molecule has 1 N–H and O–H groups in total. The highest BCUT2D eigenvalue weighted by atomic mass is 32.2. The summed E-state index contributed by atoms with van der Waals surface area (Å²) in [5, 5.41) is 2.96. The second-order valence-electron chi connectivity index (χ2n) is 9.84. The van der Waals surface area contributed by atoms with Gasteiger partial charge in [0.25, 0.3) is 0 Å². The summed E-state index contributed by atoms with van der Waals surface area (Å²) in [6, 6.07) is 13.6. The number of benzene rings is 2. The molecular formula is C27H39N3O5S. The molecule has 0 fully saturated rings. The molecule has 0 unspecified atom stereocenters. The largest absolute Gasteiger partial charge is 0.492 e. The van der Waals surface area contributed by atoms with Gasteiger partial charge in [0.15, 0.2) is 0 Å². The van der Waals surface area contributed by atoms with Gasteiger partial charge in [-0.3, -0.25) is 13.9 Å². The maximum Gasteiger partial charge on any atom is 0.244 e. The van der Waals surface area contributed by atoms with E-state index in [1.807, 2.05) is 58.9 Å². The maximum absolute atomic E-state index is 13.8. The standard InChI is InChI=1S/C27H39N3O5S/c1-8-22(26(32)28-27(4,5)6)29(18-21-14-12-13-20(3)17-21)25(31)19-30(36(7,33)34)23-15-10-11-16-24(23)35-9-2/h10-17,22H,8-9,18-19H2,1-7H3,(H,28,32)/t22-/m1/s1. The Hall–Kier alpha value is -3.07. The second-order valence-corrected chi connectivity index (χ2v) is 11.8. The highest BCUT2D eigenvalue weighted by molar-refractivity contribution is 7.92. The molecule has 198 valence electrons. The molecule has 8 nitrogen and oxygen atoms in total. The Morgan fingerprint density at radius 2 is 1.72 bits per heavy atom. The summed E-state index contributed by atoms with van der Waals surface area (Å²) in [5.41, 5.74) is 1.66. The summed E-state index contributed by atoms with van der Waals surface area (Å²) in [7, 11) is -3.84. The molecule has 0 saturated heterocycles. The van der Waals surface area contributed by atoms with Gasteiger partial charge in [0.05, 0.1) is 18.6 Å². The molecule has 0 aliphatic heterocycles. The number of carbonyl (C=O) groups is 2. The molecule has 9 heteroatoms. The number of ether oxygens (including phenoxy) is 1. The molecule has 2 rings (SSSR count). The monoisotopic (exact) mass is 517 g/mol. The van der Waals surface area contributed by atoms with Gasteiger partial charge in [-0.05, 0) is 58.7 Å². The fourth-order valence-electron chi connectivity index (χ4n) is 3.92. The average Bonchev–Trinajstić information content (AvgIpc) is 2.76. The Morgan fingerprint density at radius 1 is 1.06 bits per heavy atom. The van der Waals surface area contributed by atoms with Crippen LogP contribution in [0.3, 0.4) is 0 Å². The maximum atomic E-state index is 13.8. The zero-order valence-electron chi connectivity index (χ0n) is 22.4. The van der Waals surface area contributed by atoms with Gasteiger partial charge in [0, 0.05) is 12.1 Å². The van der Waals surface area contributed by atoms with Crippen molar-refractivity contribution in [3.05, 3.63) is 59.7 Å². The average molecular weight is 518 g/mol. The fourth-order valence-corrected chi connectivity index (χ4v) is 4.77. The minimum absolute atomic E-state index is 0.168. The quantitative estimate of drug-likeness (QED) is 0.488. The molecule has 0 radical (unpaired) electrons. The van der Waals surface area contributed by atoms with Gasteiger partial charge in [0.1, 0.15) is 18.3 Å². The van der Waals surface area contributed by atoms with Crippen molar-refractivity contribution >= 4 is 27.5 Å². The van der Waals surface area contributed by atoms with E-state index in [9.17, 15) is 18.0 Å². The first-order chi connectivity index (χ1) is 16.8. The first-order valence-electron chi connectivity index (χ1n) is 12.1. The van der Waals surface area contributed by atoms with Gasteiger partial charge >= 0.3 is 0 Å². The Morgan fingerprint density at radius 3 is 2.28 bits per heavy atom. The van der Waals surface area contributed by atoms with Crippen LogP contribution >= 0.6 is 0 Å². The van der Waals surface area contributed by atoms with E-state index in [0.717, 1.165) is 21.7 Å². The van der Waals surface area contributed by atoms with Crippen molar-refractivity contribution < 1.29 is 22.7 Å². The highest BCUT2D eigenvalue weighted by Crippen LogP contribution is 2.30. The number of carbonyl (C=O) groups excluding carboxylic acids is 2. The molecule has 0 bridgehead atoms. The molecule has 2 aromatic carbocycles. The SMILES string of the molecule is CCOc1ccccc1N(CC(=O)N(Cc1cccc(C)c1)[C@H](CC)C(=O)NC(C)(C)C)S(C)(=O)=O. The predicted molar refractivity (Wildman–Crippen MR) is 144 cm³/mol. The van der Waals surface area contributed by atoms with Crippen molar-refractivity contribution in [1.29, 1.82) is 0 Å². The second kappa shape index (κ2) is 12.3. The van der Waals surface area contributed by atoms with E-state index in [2.05, 4.69) is 5.32 Å². The van der Waals surface area contributed by atoms with Crippen LogP contribution in [0.25, 0.3) is 0 Å². The summed E-state index contributed by atoms with van der Waals surface area (Å²) in [6.45, 7) is 11.3. The number of aryl methyl sites for hydroxylation is 1. The molecule has 2 aromatic rings. The Balaban J connectivity index is 2.51. The molecule has 0 spiro atoms. The number of amides is 2. The minimum Gasteiger partial charge on any atom is -0.492 e. The minimum atomic E-state index is -3.84. The first kappa shape index (κ1) is 29.2. The summed E-state index contributed by atoms with van der Waals surface area (Å²) in [4.78, 5) is 28.5. The lowest BCUT2D eigenvalue weighted by atomic mass is 10.0. The van der Waals surface area contributed by atoms with Crippen LogP contribution < -0.4 is 14.4 Å². The molecule has 0 aliphatic rings. The van der Waals surface area contributed by atoms with Crippen LogP contribution in [0.1, 0.15) is 52.2 Å². The van der Waals surface area contributed by atoms with Crippen LogP contribution in [0.15, 0.2) is 48.5 Å². The van der Waals surface area contributed by atoms with Gasteiger partial charge < -0.3 is 15.0 Å². The van der Waals surface area contributed by atoms with Crippen molar-refractivity contribution in [2.45, 2.75) is 66.1 Å². The third-order valence-electron chi connectivity index (χ3n) is 5.43. The number of hydrogen-bond acceptors (Lipinski definition) is 5. The zero-order chi connectivity index (χ0) is 27.1. The Labute approximate surface area is 215 Å². The van der Waals surface area contributed by atoms with Gasteiger partial charge in [-0.15, -0.1) is 0 Å². The summed E-state index contributed by atoms with van der Waals surface area (Å²) >= 11 is 0. The molecule has 1 atom stereocenters. The zero-order valence-corrected chi connectivity index (χ0v) is 23.2. The number of nitrogens with one attached hydrogen (secondary N) is 1. The Bertz CT molecular complexity index is 1160. The molecular weight excluding hydrogens is 478 g/mol. The summed E-state index contributed by atoms with van der Waals surface area (Å²) < 4.78 is 32.3. The lowest BCUT2D eigenvalue weighted by Gasteiger charge is -2.34. The number of rotatable bonds is 11. The number of nitrogens with zero attached hydrogens (tertiary/aromatic N) is 2. The van der Waals surface area contributed by atoms with Crippen molar-refractivity contribution in [2.75, 3.05) is 23.7 Å². The number of sulfonamides is 1. The lowest BCUT2D eigenvalue weighted by molar-refractivity contribution is -0.141. The molecule has 0 saturated carbocycles. The van der Waals surface area contributed by atoms with Crippen LogP contribution in [0.5, 0.6) is 5.75 Å². The van der Waals surface area contributed by atoms with Gasteiger partial charge in [-0.1, -0.05) is 48.9 Å². The number of para-hydroxylation sites is 2. The normalized spacial score (nSPS) is 12.5. The van der Waals surface area contributed by atoms with E-state index in [0.29, 0.717) is 18.8 Å². The predicted octanol–water partition coefficient (Wildman–Crippen LogP) is 3.88.